The lowest BCUT2D eigenvalue weighted by atomic mass is 9.39. The molecular formula is C17H22BrClOS. The van der Waals surface area contributed by atoms with Crippen molar-refractivity contribution >= 4 is 38.9 Å². The Kier molecular flexibility index (Phi) is 3.21. The molecule has 1 N–H and O–H groups in total. The van der Waals surface area contributed by atoms with E-state index in [-0.39, 0.29) is 11.5 Å². The summed E-state index contributed by atoms with van der Waals surface area (Å²) < 4.78 is 1.68. The summed E-state index contributed by atoms with van der Waals surface area (Å²) in [4.78, 5) is 1.04. The van der Waals surface area contributed by atoms with E-state index in [2.05, 4.69) is 29.8 Å². The lowest BCUT2D eigenvalue weighted by Crippen LogP contribution is -2.56. The second kappa shape index (κ2) is 4.49. The Balaban J connectivity index is 1.73. The van der Waals surface area contributed by atoms with Crippen molar-refractivity contribution in [2.75, 3.05) is 0 Å². The lowest BCUT2D eigenvalue weighted by molar-refractivity contribution is -0.186. The molecule has 116 valence electrons. The minimum atomic E-state index is -0.353. The van der Waals surface area contributed by atoms with Gasteiger partial charge in [-0.3, -0.25) is 0 Å². The minimum absolute atomic E-state index is 0.0799. The van der Waals surface area contributed by atoms with E-state index in [1.54, 1.807) is 0 Å². The van der Waals surface area contributed by atoms with Gasteiger partial charge >= 0.3 is 0 Å². The molecule has 4 heteroatoms. The van der Waals surface area contributed by atoms with Gasteiger partial charge < -0.3 is 5.11 Å². The molecule has 4 bridgehead atoms. The van der Waals surface area contributed by atoms with Crippen molar-refractivity contribution < 1.29 is 5.11 Å². The Bertz CT molecular complexity index is 560. The van der Waals surface area contributed by atoms with E-state index in [1.165, 1.54) is 49.9 Å². The molecule has 4 saturated carbocycles. The average molecular weight is 390 g/mol. The van der Waals surface area contributed by atoms with Crippen LogP contribution >= 0.6 is 38.9 Å². The molecule has 1 nitrogen and oxygen atoms in total. The normalized spacial score (nSPS) is 46.0. The number of thiophene rings is 1. The quantitative estimate of drug-likeness (QED) is 0.639. The van der Waals surface area contributed by atoms with Gasteiger partial charge in [0.1, 0.15) is 4.34 Å². The predicted octanol–water partition coefficient (Wildman–Crippen LogP) is 6.19. The van der Waals surface area contributed by atoms with Crippen molar-refractivity contribution in [2.45, 2.75) is 58.5 Å². The summed E-state index contributed by atoms with van der Waals surface area (Å²) in [5, 5.41) is 11.2. The molecule has 3 unspecified atom stereocenters. The fourth-order valence-electron chi connectivity index (χ4n) is 6.64. The van der Waals surface area contributed by atoms with Gasteiger partial charge in [-0.25, -0.2) is 0 Å². The van der Waals surface area contributed by atoms with Gasteiger partial charge in [0.05, 0.1) is 6.10 Å². The molecule has 4 aliphatic carbocycles. The maximum atomic E-state index is 11.2. The summed E-state index contributed by atoms with van der Waals surface area (Å²) in [5.74, 6) is 0.810. The number of rotatable bonds is 2. The molecule has 4 fully saturated rings. The fourth-order valence-corrected chi connectivity index (χ4v) is 8.51. The first kappa shape index (κ1) is 15.0. The van der Waals surface area contributed by atoms with Crippen LogP contribution in [0.2, 0.25) is 4.34 Å². The molecule has 5 rings (SSSR count). The first-order chi connectivity index (χ1) is 9.73. The molecular weight excluding hydrogens is 368 g/mol. The van der Waals surface area contributed by atoms with Crippen molar-refractivity contribution in [1.29, 1.82) is 0 Å². The highest BCUT2D eigenvalue weighted by atomic mass is 79.9. The molecule has 0 aromatic carbocycles. The second-order valence-electron chi connectivity index (χ2n) is 8.67. The molecule has 21 heavy (non-hydrogen) atoms. The minimum Gasteiger partial charge on any atom is -0.387 e. The van der Waals surface area contributed by atoms with E-state index >= 15 is 0 Å². The van der Waals surface area contributed by atoms with E-state index in [1.807, 2.05) is 6.07 Å². The molecule has 3 atom stereocenters. The summed E-state index contributed by atoms with van der Waals surface area (Å²) in [6, 6.07) is 2.03. The standard InChI is InChI=1S/C17H22BrClOS/c1-15-4-10-5-16(2,7-15)9-17(6-10,8-15)13(20)12-3-11(18)14(19)21-12/h3,10,13,20H,4-9H2,1-2H3. The smallest absolute Gasteiger partial charge is 0.107 e. The molecule has 4 aliphatic rings. The monoisotopic (exact) mass is 388 g/mol. The van der Waals surface area contributed by atoms with Crippen molar-refractivity contribution in [3.05, 3.63) is 19.8 Å². The van der Waals surface area contributed by atoms with Gasteiger partial charge in [0.15, 0.2) is 0 Å². The van der Waals surface area contributed by atoms with Crippen molar-refractivity contribution in [3.8, 4) is 0 Å². The molecule has 0 aliphatic heterocycles. The summed E-state index contributed by atoms with van der Waals surface area (Å²) >= 11 is 11.2. The van der Waals surface area contributed by atoms with Gasteiger partial charge in [-0.05, 0) is 77.3 Å². The number of hydrogen-bond donors (Lipinski definition) is 1. The average Bonchev–Trinajstić information content (AvgIpc) is 2.64. The molecule has 0 spiro atoms. The highest BCUT2D eigenvalue weighted by molar-refractivity contribution is 9.10. The first-order valence-corrected chi connectivity index (χ1v) is 9.84. The number of halogens is 2. The zero-order valence-electron chi connectivity index (χ0n) is 12.6. The Hall–Kier alpha value is 0.430. The van der Waals surface area contributed by atoms with Crippen LogP contribution in [0.1, 0.15) is 63.4 Å². The van der Waals surface area contributed by atoms with E-state index in [4.69, 9.17) is 11.6 Å². The third-order valence-electron chi connectivity index (χ3n) is 6.18. The van der Waals surface area contributed by atoms with Gasteiger partial charge in [-0.15, -0.1) is 11.3 Å². The largest absolute Gasteiger partial charge is 0.387 e. The summed E-state index contributed by atoms with van der Waals surface area (Å²) in [5.41, 5.74) is 0.956. The predicted molar refractivity (Wildman–Crippen MR) is 91.8 cm³/mol. The van der Waals surface area contributed by atoms with Crippen LogP contribution in [-0.2, 0) is 0 Å². The highest BCUT2D eigenvalue weighted by Crippen LogP contribution is 2.72. The topological polar surface area (TPSA) is 20.2 Å². The van der Waals surface area contributed by atoms with Gasteiger partial charge in [0.25, 0.3) is 0 Å². The summed E-state index contributed by atoms with van der Waals surface area (Å²) in [6.07, 6.45) is 7.29. The summed E-state index contributed by atoms with van der Waals surface area (Å²) in [7, 11) is 0. The van der Waals surface area contributed by atoms with Crippen LogP contribution in [0.25, 0.3) is 0 Å². The van der Waals surface area contributed by atoms with Crippen molar-refractivity contribution in [3.63, 3.8) is 0 Å². The van der Waals surface area contributed by atoms with Crippen LogP contribution in [0.15, 0.2) is 10.5 Å². The highest BCUT2D eigenvalue weighted by Gasteiger charge is 2.62. The molecule has 0 radical (unpaired) electrons. The zero-order valence-corrected chi connectivity index (χ0v) is 15.7. The Morgan fingerprint density at radius 1 is 1.24 bits per heavy atom. The van der Waals surface area contributed by atoms with E-state index < -0.39 is 0 Å². The Morgan fingerprint density at radius 2 is 1.86 bits per heavy atom. The fraction of sp³-hybridized carbons (Fsp3) is 0.765. The van der Waals surface area contributed by atoms with Gasteiger partial charge in [-0.2, -0.15) is 0 Å². The number of aliphatic hydroxyl groups excluding tert-OH is 1. The van der Waals surface area contributed by atoms with Crippen LogP contribution in [0.5, 0.6) is 0 Å². The van der Waals surface area contributed by atoms with Crippen LogP contribution in [-0.4, -0.2) is 5.11 Å². The van der Waals surface area contributed by atoms with E-state index in [9.17, 15) is 5.11 Å². The Morgan fingerprint density at radius 3 is 2.33 bits per heavy atom. The van der Waals surface area contributed by atoms with E-state index in [0.717, 1.165) is 19.6 Å². The zero-order chi connectivity index (χ0) is 15.0. The maximum absolute atomic E-state index is 11.2. The van der Waals surface area contributed by atoms with Crippen LogP contribution in [0.4, 0.5) is 0 Å². The summed E-state index contributed by atoms with van der Waals surface area (Å²) in [6.45, 7) is 4.91. The van der Waals surface area contributed by atoms with Crippen LogP contribution in [0, 0.1) is 22.2 Å². The third-order valence-corrected chi connectivity index (χ3v) is 8.71. The molecule has 1 aromatic rings. The van der Waals surface area contributed by atoms with Crippen molar-refractivity contribution in [1.82, 2.24) is 0 Å². The van der Waals surface area contributed by atoms with E-state index in [0.29, 0.717) is 10.8 Å². The first-order valence-electron chi connectivity index (χ1n) is 7.86. The Labute approximate surface area is 144 Å². The van der Waals surface area contributed by atoms with Crippen molar-refractivity contribution in [2.24, 2.45) is 22.2 Å². The third kappa shape index (κ3) is 2.26. The second-order valence-corrected chi connectivity index (χ2v) is 11.2. The number of hydrogen-bond acceptors (Lipinski definition) is 2. The molecule has 0 amide bonds. The molecule has 1 aromatic heterocycles. The van der Waals surface area contributed by atoms with Gasteiger partial charge in [0, 0.05) is 14.8 Å². The van der Waals surface area contributed by atoms with Crippen LogP contribution < -0.4 is 0 Å². The number of aliphatic hydroxyl groups is 1. The lowest BCUT2D eigenvalue weighted by Gasteiger charge is -2.66. The maximum Gasteiger partial charge on any atom is 0.107 e. The van der Waals surface area contributed by atoms with Crippen LogP contribution in [0.3, 0.4) is 0 Å². The SMILES string of the molecule is CC12CC3CC(C)(C1)CC(C(O)c1cc(Br)c(Cl)s1)(C3)C2. The molecule has 0 saturated heterocycles. The van der Waals surface area contributed by atoms with Gasteiger partial charge in [-0.1, -0.05) is 25.4 Å². The van der Waals surface area contributed by atoms with Gasteiger partial charge in [0.2, 0.25) is 0 Å². The molecule has 1 heterocycles.